The van der Waals surface area contributed by atoms with E-state index in [0.717, 1.165) is 38.1 Å². The van der Waals surface area contributed by atoms with Gasteiger partial charge in [0.2, 0.25) is 0 Å². The van der Waals surface area contributed by atoms with Gasteiger partial charge in [0.25, 0.3) is 0 Å². The van der Waals surface area contributed by atoms with E-state index in [0.29, 0.717) is 13.0 Å². The third kappa shape index (κ3) is 16.5. The molecule has 1 saturated heterocycles. The second kappa shape index (κ2) is 19.4. The summed E-state index contributed by atoms with van der Waals surface area (Å²) in [6.45, 7) is 8.42. The van der Waals surface area contributed by atoms with Crippen LogP contribution in [0.15, 0.2) is 0 Å². The number of hydrogen-bond donors (Lipinski definition) is 1. The first kappa shape index (κ1) is 28.9. The molecule has 5 nitrogen and oxygen atoms in total. The standard InChI is InChI=1S/C27H51NO4/c1-24(2)17-11-7-5-3-4-6-10-16-22-32-27(31)25(23-26(29)30)18-12-15-21-28-19-13-8-9-14-20-28/h24-25H,3-23H2,1-2H3,(H,29,30). The van der Waals surface area contributed by atoms with E-state index in [1.807, 2.05) is 0 Å². The Balaban J connectivity index is 2.08. The monoisotopic (exact) mass is 453 g/mol. The summed E-state index contributed by atoms with van der Waals surface area (Å²) >= 11 is 0. The highest BCUT2D eigenvalue weighted by atomic mass is 16.5. The number of hydrogen-bond acceptors (Lipinski definition) is 4. The molecule has 1 aliphatic rings. The van der Waals surface area contributed by atoms with Gasteiger partial charge in [-0.2, -0.15) is 0 Å². The molecule has 0 amide bonds. The lowest BCUT2D eigenvalue weighted by atomic mass is 9.98. The van der Waals surface area contributed by atoms with Gasteiger partial charge in [-0.05, 0) is 57.7 Å². The Morgan fingerprint density at radius 3 is 1.94 bits per heavy atom. The van der Waals surface area contributed by atoms with Gasteiger partial charge in [-0.1, -0.05) is 84.5 Å². The van der Waals surface area contributed by atoms with Gasteiger partial charge < -0.3 is 14.7 Å². The molecular formula is C27H51NO4. The van der Waals surface area contributed by atoms with Gasteiger partial charge in [0, 0.05) is 0 Å². The fraction of sp³-hybridized carbons (Fsp3) is 0.926. The zero-order valence-corrected chi connectivity index (χ0v) is 21.1. The van der Waals surface area contributed by atoms with Gasteiger partial charge in [-0.3, -0.25) is 9.59 Å². The molecule has 188 valence electrons. The summed E-state index contributed by atoms with van der Waals surface area (Å²) in [5.41, 5.74) is 0. The number of carbonyl (C=O) groups excluding carboxylic acids is 1. The van der Waals surface area contributed by atoms with E-state index < -0.39 is 11.9 Å². The number of unbranched alkanes of at least 4 members (excludes halogenated alkanes) is 8. The van der Waals surface area contributed by atoms with Crippen LogP contribution in [-0.4, -0.2) is 48.2 Å². The van der Waals surface area contributed by atoms with E-state index in [1.165, 1.54) is 83.7 Å². The lowest BCUT2D eigenvalue weighted by Crippen LogP contribution is -2.26. The Hall–Kier alpha value is -1.10. The zero-order valence-electron chi connectivity index (χ0n) is 21.1. The first-order valence-corrected chi connectivity index (χ1v) is 13.6. The molecule has 0 spiro atoms. The Bertz CT molecular complexity index is 472. The fourth-order valence-electron chi connectivity index (χ4n) is 4.61. The summed E-state index contributed by atoms with van der Waals surface area (Å²) in [7, 11) is 0. The van der Waals surface area contributed by atoms with Crippen molar-refractivity contribution < 1.29 is 19.4 Å². The quantitative estimate of drug-likeness (QED) is 0.171. The molecule has 0 bridgehead atoms. The number of carboxylic acids is 1. The summed E-state index contributed by atoms with van der Waals surface area (Å²) in [4.78, 5) is 26.1. The minimum atomic E-state index is -0.909. The van der Waals surface area contributed by atoms with Crippen LogP contribution in [0.1, 0.15) is 123 Å². The minimum Gasteiger partial charge on any atom is -0.481 e. The number of nitrogens with zero attached hydrogens (tertiary/aromatic N) is 1. The van der Waals surface area contributed by atoms with Gasteiger partial charge in [0.05, 0.1) is 18.9 Å². The lowest BCUT2D eigenvalue weighted by molar-refractivity contribution is -0.153. The number of aliphatic carboxylic acids is 1. The number of rotatable bonds is 19. The topological polar surface area (TPSA) is 66.8 Å². The van der Waals surface area contributed by atoms with Crippen LogP contribution >= 0.6 is 0 Å². The molecule has 5 heteroatoms. The van der Waals surface area contributed by atoms with Crippen LogP contribution in [0.3, 0.4) is 0 Å². The second-order valence-corrected chi connectivity index (χ2v) is 10.2. The zero-order chi connectivity index (χ0) is 23.4. The predicted octanol–water partition coefficient (Wildman–Crippen LogP) is 6.83. The Labute approximate surface area is 197 Å². The summed E-state index contributed by atoms with van der Waals surface area (Å²) < 4.78 is 5.44. The molecule has 0 saturated carbocycles. The minimum absolute atomic E-state index is 0.112. The summed E-state index contributed by atoms with van der Waals surface area (Å²) in [5.74, 6) is -0.903. The van der Waals surface area contributed by atoms with Gasteiger partial charge >= 0.3 is 11.9 Å². The molecule has 1 fully saturated rings. The Kier molecular flexibility index (Phi) is 17.5. The second-order valence-electron chi connectivity index (χ2n) is 10.2. The van der Waals surface area contributed by atoms with E-state index in [-0.39, 0.29) is 12.4 Å². The van der Waals surface area contributed by atoms with Crippen LogP contribution in [0.2, 0.25) is 0 Å². The molecule has 0 aliphatic carbocycles. The first-order valence-electron chi connectivity index (χ1n) is 13.6. The van der Waals surface area contributed by atoms with E-state index in [2.05, 4.69) is 18.7 Å². The highest BCUT2D eigenvalue weighted by Gasteiger charge is 2.23. The SMILES string of the molecule is CC(C)CCCCCCCCCCOC(=O)C(CCCCN1CCCCCC1)CC(=O)O. The summed E-state index contributed by atoms with van der Waals surface area (Å²) in [5, 5.41) is 9.18. The van der Waals surface area contributed by atoms with Crippen molar-refractivity contribution in [3.05, 3.63) is 0 Å². The largest absolute Gasteiger partial charge is 0.481 e. The molecule has 1 heterocycles. The molecule has 0 aromatic carbocycles. The van der Waals surface area contributed by atoms with Crippen molar-refractivity contribution in [3.8, 4) is 0 Å². The molecule has 1 unspecified atom stereocenters. The number of carbonyl (C=O) groups is 2. The van der Waals surface area contributed by atoms with Crippen LogP contribution in [0.5, 0.6) is 0 Å². The number of carboxylic acid groups (broad SMARTS) is 1. The number of ether oxygens (including phenoxy) is 1. The van der Waals surface area contributed by atoms with Crippen molar-refractivity contribution in [2.24, 2.45) is 11.8 Å². The average Bonchev–Trinajstić information content (AvgIpc) is 3.02. The molecule has 32 heavy (non-hydrogen) atoms. The highest BCUT2D eigenvalue weighted by Crippen LogP contribution is 2.18. The lowest BCUT2D eigenvalue weighted by Gasteiger charge is -2.20. The van der Waals surface area contributed by atoms with Gasteiger partial charge in [0.15, 0.2) is 0 Å². The molecule has 0 aromatic heterocycles. The third-order valence-corrected chi connectivity index (χ3v) is 6.65. The predicted molar refractivity (Wildman–Crippen MR) is 132 cm³/mol. The Morgan fingerprint density at radius 2 is 1.34 bits per heavy atom. The summed E-state index contributed by atoms with van der Waals surface area (Å²) in [6, 6.07) is 0. The smallest absolute Gasteiger partial charge is 0.309 e. The van der Waals surface area contributed by atoms with Crippen molar-refractivity contribution in [3.63, 3.8) is 0 Å². The van der Waals surface area contributed by atoms with Crippen molar-refractivity contribution in [2.45, 2.75) is 123 Å². The molecule has 0 aromatic rings. The molecule has 1 N–H and O–H groups in total. The van der Waals surface area contributed by atoms with Gasteiger partial charge in [-0.25, -0.2) is 0 Å². The van der Waals surface area contributed by atoms with Crippen molar-refractivity contribution >= 4 is 11.9 Å². The van der Waals surface area contributed by atoms with E-state index >= 15 is 0 Å². The van der Waals surface area contributed by atoms with Crippen LogP contribution < -0.4 is 0 Å². The summed E-state index contributed by atoms with van der Waals surface area (Å²) in [6.07, 6.45) is 18.7. The van der Waals surface area contributed by atoms with Crippen molar-refractivity contribution in [1.29, 1.82) is 0 Å². The van der Waals surface area contributed by atoms with Crippen molar-refractivity contribution in [2.75, 3.05) is 26.2 Å². The van der Waals surface area contributed by atoms with Crippen LogP contribution in [0.4, 0.5) is 0 Å². The Morgan fingerprint density at radius 1 is 0.781 bits per heavy atom. The number of likely N-dealkylation sites (tertiary alicyclic amines) is 1. The number of esters is 1. The van der Waals surface area contributed by atoms with Gasteiger partial charge in [-0.15, -0.1) is 0 Å². The van der Waals surface area contributed by atoms with E-state index in [4.69, 9.17) is 4.74 Å². The van der Waals surface area contributed by atoms with Crippen LogP contribution in [0.25, 0.3) is 0 Å². The third-order valence-electron chi connectivity index (χ3n) is 6.65. The molecule has 1 rings (SSSR count). The van der Waals surface area contributed by atoms with Gasteiger partial charge in [0.1, 0.15) is 0 Å². The van der Waals surface area contributed by atoms with E-state index in [9.17, 15) is 14.7 Å². The maximum atomic E-state index is 12.4. The van der Waals surface area contributed by atoms with Crippen LogP contribution in [-0.2, 0) is 14.3 Å². The highest BCUT2D eigenvalue weighted by molar-refractivity contribution is 5.79. The first-order chi connectivity index (χ1) is 15.5. The van der Waals surface area contributed by atoms with Crippen LogP contribution in [0, 0.1) is 11.8 Å². The molecule has 1 aliphatic heterocycles. The molecule has 0 radical (unpaired) electrons. The van der Waals surface area contributed by atoms with Crippen molar-refractivity contribution in [1.82, 2.24) is 4.90 Å². The normalized spacial score (nSPS) is 16.1. The average molecular weight is 454 g/mol. The maximum absolute atomic E-state index is 12.4. The fourth-order valence-corrected chi connectivity index (χ4v) is 4.61. The molecule has 1 atom stereocenters. The van der Waals surface area contributed by atoms with E-state index in [1.54, 1.807) is 0 Å². The molecular weight excluding hydrogens is 402 g/mol. The maximum Gasteiger partial charge on any atom is 0.309 e.